The first-order valence-electron chi connectivity index (χ1n) is 3.76. The first-order chi connectivity index (χ1) is 5.17. The average Bonchev–Trinajstić information content (AvgIpc) is 1.92. The molecular formula is C8H11NO2. The quantitative estimate of drug-likeness (QED) is 0.529. The fourth-order valence-corrected chi connectivity index (χ4v) is 1.70. The summed E-state index contributed by atoms with van der Waals surface area (Å²) >= 11 is 0. The predicted octanol–water partition coefficient (Wildman–Crippen LogP) is 1.16. The lowest BCUT2D eigenvalue weighted by molar-refractivity contribution is -0.113. The fourth-order valence-electron chi connectivity index (χ4n) is 1.70. The molecule has 0 atom stereocenters. The molecule has 0 radical (unpaired) electrons. The van der Waals surface area contributed by atoms with E-state index in [1.165, 1.54) is 0 Å². The summed E-state index contributed by atoms with van der Waals surface area (Å²) in [6, 6.07) is 0.384. The van der Waals surface area contributed by atoms with Gasteiger partial charge in [-0.05, 0) is 6.08 Å². The van der Waals surface area contributed by atoms with E-state index in [-0.39, 0.29) is 11.7 Å². The van der Waals surface area contributed by atoms with Crippen molar-refractivity contribution < 1.29 is 9.53 Å². The summed E-state index contributed by atoms with van der Waals surface area (Å²) < 4.78 is 5.17. The minimum atomic E-state index is -0.311. The standard InChI is InChI=1S/C8H11NO2/c1-3-8-4-6(5-8)9(2)7(10)11-8/h3,6H,1,4-5H2,2H3. The number of ether oxygens (including phenoxy) is 1. The Hall–Kier alpha value is -0.990. The molecule has 0 spiro atoms. The van der Waals surface area contributed by atoms with Crippen LogP contribution in [-0.2, 0) is 4.74 Å². The summed E-state index contributed by atoms with van der Waals surface area (Å²) in [5.74, 6) is 0. The Bertz CT molecular complexity index is 218. The van der Waals surface area contributed by atoms with Crippen molar-refractivity contribution in [2.75, 3.05) is 7.05 Å². The van der Waals surface area contributed by atoms with E-state index in [0.717, 1.165) is 12.8 Å². The minimum Gasteiger partial charge on any atom is -0.438 e. The summed E-state index contributed by atoms with van der Waals surface area (Å²) in [6.07, 6.45) is 3.36. The second kappa shape index (κ2) is 1.78. The van der Waals surface area contributed by atoms with Gasteiger partial charge < -0.3 is 9.64 Å². The van der Waals surface area contributed by atoms with Crippen LogP contribution in [0.15, 0.2) is 12.7 Å². The van der Waals surface area contributed by atoms with Gasteiger partial charge in [0.2, 0.25) is 0 Å². The number of hydrogen-bond acceptors (Lipinski definition) is 2. The van der Waals surface area contributed by atoms with Crippen LogP contribution >= 0.6 is 0 Å². The Balaban J connectivity index is 2.18. The molecule has 1 amide bonds. The molecule has 0 N–H and O–H groups in total. The summed E-state index contributed by atoms with van der Waals surface area (Å²) in [5, 5.41) is 0. The van der Waals surface area contributed by atoms with E-state index in [9.17, 15) is 4.79 Å². The van der Waals surface area contributed by atoms with Gasteiger partial charge in [0.25, 0.3) is 0 Å². The van der Waals surface area contributed by atoms with Gasteiger partial charge in [-0.15, -0.1) is 0 Å². The van der Waals surface area contributed by atoms with E-state index in [4.69, 9.17) is 4.74 Å². The zero-order valence-corrected chi connectivity index (χ0v) is 6.54. The summed E-state index contributed by atoms with van der Waals surface area (Å²) in [6.45, 7) is 3.66. The van der Waals surface area contributed by atoms with Crippen LogP contribution in [0, 0.1) is 0 Å². The van der Waals surface area contributed by atoms with Crippen molar-refractivity contribution in [3.63, 3.8) is 0 Å². The molecule has 3 nitrogen and oxygen atoms in total. The Morgan fingerprint density at radius 1 is 1.82 bits per heavy atom. The van der Waals surface area contributed by atoms with Gasteiger partial charge in [-0.25, -0.2) is 4.79 Å². The number of nitrogens with zero attached hydrogens (tertiary/aromatic N) is 1. The van der Waals surface area contributed by atoms with Crippen LogP contribution in [-0.4, -0.2) is 29.7 Å². The van der Waals surface area contributed by atoms with Gasteiger partial charge in [0.1, 0.15) is 5.60 Å². The Morgan fingerprint density at radius 2 is 2.45 bits per heavy atom. The van der Waals surface area contributed by atoms with E-state index in [2.05, 4.69) is 6.58 Å². The first kappa shape index (κ1) is 6.70. The molecule has 2 bridgehead atoms. The Morgan fingerprint density at radius 3 is 2.91 bits per heavy atom. The van der Waals surface area contributed by atoms with Crippen molar-refractivity contribution in [2.45, 2.75) is 24.5 Å². The molecule has 0 unspecified atom stereocenters. The van der Waals surface area contributed by atoms with Crippen LogP contribution in [0.4, 0.5) is 4.79 Å². The lowest BCUT2D eigenvalue weighted by Crippen LogP contribution is -2.63. The smallest absolute Gasteiger partial charge is 0.410 e. The largest absolute Gasteiger partial charge is 0.438 e. The van der Waals surface area contributed by atoms with Crippen molar-refractivity contribution in [3.8, 4) is 0 Å². The number of carbonyl (C=O) groups excluding carboxylic acids is 1. The molecule has 1 aliphatic carbocycles. The first-order valence-corrected chi connectivity index (χ1v) is 3.76. The summed E-state index contributed by atoms with van der Waals surface area (Å²) in [7, 11) is 1.78. The number of hydrogen-bond donors (Lipinski definition) is 0. The third-order valence-electron chi connectivity index (χ3n) is 2.66. The van der Waals surface area contributed by atoms with Gasteiger partial charge in [0.05, 0.1) is 0 Å². The van der Waals surface area contributed by atoms with Crippen molar-refractivity contribution in [1.29, 1.82) is 0 Å². The van der Waals surface area contributed by atoms with Crippen LogP contribution in [0.1, 0.15) is 12.8 Å². The molecule has 3 rings (SSSR count). The number of rotatable bonds is 1. The van der Waals surface area contributed by atoms with E-state index >= 15 is 0 Å². The molecule has 3 fully saturated rings. The number of carbonyl (C=O) groups is 1. The predicted molar refractivity (Wildman–Crippen MR) is 40.2 cm³/mol. The highest BCUT2D eigenvalue weighted by Gasteiger charge is 2.53. The summed E-state index contributed by atoms with van der Waals surface area (Å²) in [5.41, 5.74) is -0.311. The zero-order valence-electron chi connectivity index (χ0n) is 6.54. The molecule has 60 valence electrons. The maximum absolute atomic E-state index is 11.1. The molecule has 11 heavy (non-hydrogen) atoms. The van der Waals surface area contributed by atoms with Crippen molar-refractivity contribution >= 4 is 6.09 Å². The summed E-state index contributed by atoms with van der Waals surface area (Å²) in [4.78, 5) is 12.7. The molecule has 3 heteroatoms. The molecule has 0 aromatic heterocycles. The molecule has 1 saturated carbocycles. The lowest BCUT2D eigenvalue weighted by Gasteiger charge is -2.53. The van der Waals surface area contributed by atoms with E-state index in [0.29, 0.717) is 6.04 Å². The highest BCUT2D eigenvalue weighted by atomic mass is 16.6. The Labute approximate surface area is 65.6 Å². The van der Waals surface area contributed by atoms with Gasteiger partial charge >= 0.3 is 6.09 Å². The molecule has 0 aromatic carbocycles. The number of fused-ring (bicyclic) bond motifs is 2. The second-order valence-electron chi connectivity index (χ2n) is 3.31. The molecule has 2 aliphatic heterocycles. The molecular weight excluding hydrogens is 142 g/mol. The van der Waals surface area contributed by atoms with Gasteiger partial charge in [-0.3, -0.25) is 0 Å². The lowest BCUT2D eigenvalue weighted by atomic mass is 9.74. The van der Waals surface area contributed by atoms with Crippen molar-refractivity contribution in [3.05, 3.63) is 12.7 Å². The number of amides is 1. The monoisotopic (exact) mass is 153 g/mol. The van der Waals surface area contributed by atoms with Gasteiger partial charge in [0, 0.05) is 25.9 Å². The third kappa shape index (κ3) is 0.708. The third-order valence-corrected chi connectivity index (χ3v) is 2.66. The van der Waals surface area contributed by atoms with Gasteiger partial charge in [-0.2, -0.15) is 0 Å². The minimum absolute atomic E-state index is 0.215. The van der Waals surface area contributed by atoms with Crippen molar-refractivity contribution in [1.82, 2.24) is 4.90 Å². The zero-order chi connectivity index (χ0) is 8.06. The maximum atomic E-state index is 11.1. The van der Waals surface area contributed by atoms with E-state index in [1.54, 1.807) is 18.0 Å². The topological polar surface area (TPSA) is 29.5 Å². The van der Waals surface area contributed by atoms with E-state index < -0.39 is 0 Å². The molecule has 0 aromatic rings. The van der Waals surface area contributed by atoms with Crippen molar-refractivity contribution in [2.24, 2.45) is 0 Å². The molecule has 2 heterocycles. The average molecular weight is 153 g/mol. The normalized spacial score (nSPS) is 41.0. The van der Waals surface area contributed by atoms with Gasteiger partial charge in [0.15, 0.2) is 0 Å². The maximum Gasteiger partial charge on any atom is 0.410 e. The van der Waals surface area contributed by atoms with Gasteiger partial charge in [-0.1, -0.05) is 6.58 Å². The fraction of sp³-hybridized carbons (Fsp3) is 0.625. The SMILES string of the molecule is C=CC12CC(C1)N(C)C(=O)O2. The van der Waals surface area contributed by atoms with Crippen LogP contribution < -0.4 is 0 Å². The van der Waals surface area contributed by atoms with Crippen LogP contribution in [0.5, 0.6) is 0 Å². The molecule has 3 aliphatic rings. The highest BCUT2D eigenvalue weighted by molar-refractivity contribution is 5.71. The van der Waals surface area contributed by atoms with Crippen LogP contribution in [0.2, 0.25) is 0 Å². The van der Waals surface area contributed by atoms with E-state index in [1.807, 2.05) is 0 Å². The second-order valence-corrected chi connectivity index (χ2v) is 3.31. The van der Waals surface area contributed by atoms with Crippen LogP contribution in [0.3, 0.4) is 0 Å². The molecule has 2 saturated heterocycles. The Kier molecular flexibility index (Phi) is 1.09. The van der Waals surface area contributed by atoms with Crippen LogP contribution in [0.25, 0.3) is 0 Å². The highest BCUT2D eigenvalue weighted by Crippen LogP contribution is 2.44.